The number of rotatable bonds is 4. The Morgan fingerprint density at radius 2 is 1.94 bits per heavy atom. The number of nitrogen functional groups attached to an aromatic ring is 1. The zero-order valence-electron chi connectivity index (χ0n) is 18.4. The number of thiophene rings is 1. The molecule has 3 aromatic rings. The Labute approximate surface area is 195 Å². The summed E-state index contributed by atoms with van der Waals surface area (Å²) in [6.07, 6.45) is 1.12. The number of anilines is 2. The van der Waals surface area contributed by atoms with Gasteiger partial charge in [-0.15, -0.1) is 11.3 Å². The number of hydrogen-bond acceptors (Lipinski definition) is 6. The van der Waals surface area contributed by atoms with Crippen molar-refractivity contribution in [1.82, 2.24) is 9.80 Å². The molecular weight excluding hydrogens is 438 g/mol. The Morgan fingerprint density at radius 1 is 1.18 bits per heavy atom. The standard InChI is InChI=1S/C24H25N5O3S/c1-14(2)29-8-7-28(13-21(29)30)24(32)23(31)27-17-9-16(12-25)22(26)18(11-17)20-10-15-5-3-4-6-19(15)33-20/h3-6,9-12,14,25H,7-8,13,26H2,1-2H3,(H,27,31). The van der Waals surface area contributed by atoms with E-state index in [0.29, 0.717) is 35.6 Å². The molecule has 2 heterocycles. The van der Waals surface area contributed by atoms with Crippen molar-refractivity contribution in [3.05, 3.63) is 48.0 Å². The number of piperazine rings is 1. The third-order valence-electron chi connectivity index (χ3n) is 5.68. The molecule has 0 spiro atoms. The molecule has 1 aromatic heterocycles. The van der Waals surface area contributed by atoms with Crippen molar-refractivity contribution in [1.29, 1.82) is 5.41 Å². The summed E-state index contributed by atoms with van der Waals surface area (Å²) in [6.45, 7) is 4.41. The molecule has 8 nitrogen and oxygen atoms in total. The number of hydrogen-bond donors (Lipinski definition) is 3. The van der Waals surface area contributed by atoms with E-state index in [2.05, 4.69) is 5.32 Å². The van der Waals surface area contributed by atoms with Gasteiger partial charge in [0.15, 0.2) is 0 Å². The Morgan fingerprint density at radius 3 is 2.61 bits per heavy atom. The fraction of sp³-hybridized carbons (Fsp3) is 0.250. The van der Waals surface area contributed by atoms with Crippen molar-refractivity contribution in [2.45, 2.75) is 19.9 Å². The molecule has 2 aromatic carbocycles. The van der Waals surface area contributed by atoms with E-state index in [9.17, 15) is 14.4 Å². The molecule has 170 valence electrons. The molecule has 0 aliphatic carbocycles. The number of nitrogens with one attached hydrogen (secondary N) is 2. The minimum atomic E-state index is -0.830. The van der Waals surface area contributed by atoms with Gasteiger partial charge in [0, 0.05) is 57.4 Å². The summed E-state index contributed by atoms with van der Waals surface area (Å²) in [6, 6.07) is 13.3. The number of amides is 3. The summed E-state index contributed by atoms with van der Waals surface area (Å²) in [5, 5.41) is 11.4. The van der Waals surface area contributed by atoms with Crippen molar-refractivity contribution in [2.75, 3.05) is 30.7 Å². The van der Waals surface area contributed by atoms with Crippen LogP contribution in [0.2, 0.25) is 0 Å². The third kappa shape index (κ3) is 4.45. The molecule has 1 fully saturated rings. The van der Waals surface area contributed by atoms with Gasteiger partial charge in [-0.2, -0.15) is 0 Å². The molecule has 0 radical (unpaired) electrons. The molecule has 0 bridgehead atoms. The van der Waals surface area contributed by atoms with E-state index >= 15 is 0 Å². The quantitative estimate of drug-likeness (QED) is 0.313. The molecule has 4 N–H and O–H groups in total. The maximum Gasteiger partial charge on any atom is 0.313 e. The second-order valence-corrected chi connectivity index (χ2v) is 9.27. The number of nitrogens with zero attached hydrogens (tertiary/aromatic N) is 2. The summed E-state index contributed by atoms with van der Waals surface area (Å²) in [7, 11) is 0. The van der Waals surface area contributed by atoms with Crippen molar-refractivity contribution >= 4 is 56.7 Å². The van der Waals surface area contributed by atoms with Gasteiger partial charge in [0.1, 0.15) is 6.54 Å². The fourth-order valence-electron chi connectivity index (χ4n) is 3.92. The molecule has 1 aliphatic rings. The number of benzene rings is 2. The SMILES string of the molecule is CC(C)N1CCN(C(=O)C(=O)Nc2cc(C=N)c(N)c(-c3cc4ccccc4s3)c2)CC1=O. The predicted molar refractivity (Wildman–Crippen MR) is 132 cm³/mol. The zero-order valence-corrected chi connectivity index (χ0v) is 19.2. The Balaban J connectivity index is 1.57. The van der Waals surface area contributed by atoms with Crippen LogP contribution in [0.15, 0.2) is 42.5 Å². The predicted octanol–water partition coefficient (Wildman–Crippen LogP) is 3.17. The first-order valence-electron chi connectivity index (χ1n) is 10.6. The molecule has 1 saturated heterocycles. The van der Waals surface area contributed by atoms with Gasteiger partial charge in [0.2, 0.25) is 5.91 Å². The number of nitrogens with two attached hydrogens (primary N) is 1. The van der Waals surface area contributed by atoms with E-state index < -0.39 is 11.8 Å². The molecular formula is C24H25N5O3S. The van der Waals surface area contributed by atoms with Crippen LogP contribution < -0.4 is 11.1 Å². The lowest BCUT2D eigenvalue weighted by Crippen LogP contribution is -2.56. The van der Waals surface area contributed by atoms with E-state index in [-0.39, 0.29) is 18.5 Å². The van der Waals surface area contributed by atoms with E-state index in [1.54, 1.807) is 28.4 Å². The molecule has 33 heavy (non-hydrogen) atoms. The van der Waals surface area contributed by atoms with Crippen LogP contribution in [0.3, 0.4) is 0 Å². The van der Waals surface area contributed by atoms with E-state index in [1.807, 2.05) is 44.2 Å². The van der Waals surface area contributed by atoms with Crippen molar-refractivity contribution < 1.29 is 14.4 Å². The van der Waals surface area contributed by atoms with Gasteiger partial charge >= 0.3 is 11.8 Å². The van der Waals surface area contributed by atoms with E-state index in [1.165, 1.54) is 4.90 Å². The first-order chi connectivity index (χ1) is 15.8. The normalized spacial score (nSPS) is 14.1. The van der Waals surface area contributed by atoms with Gasteiger partial charge in [-0.25, -0.2) is 0 Å². The number of fused-ring (bicyclic) bond motifs is 1. The summed E-state index contributed by atoms with van der Waals surface area (Å²) >= 11 is 1.56. The lowest BCUT2D eigenvalue weighted by atomic mass is 10.0. The van der Waals surface area contributed by atoms with Crippen LogP contribution in [0, 0.1) is 5.41 Å². The van der Waals surface area contributed by atoms with Crippen LogP contribution >= 0.6 is 11.3 Å². The molecule has 4 rings (SSSR count). The molecule has 3 amide bonds. The van der Waals surface area contributed by atoms with Crippen LogP contribution in [0.5, 0.6) is 0 Å². The molecule has 0 unspecified atom stereocenters. The molecule has 0 atom stereocenters. The molecule has 1 aliphatic heterocycles. The van der Waals surface area contributed by atoms with E-state index in [4.69, 9.17) is 11.1 Å². The van der Waals surface area contributed by atoms with Crippen molar-refractivity contribution in [2.24, 2.45) is 0 Å². The van der Waals surface area contributed by atoms with Crippen molar-refractivity contribution in [3.8, 4) is 10.4 Å². The van der Waals surface area contributed by atoms with Crippen LogP contribution in [0.25, 0.3) is 20.5 Å². The highest BCUT2D eigenvalue weighted by atomic mass is 32.1. The summed E-state index contributed by atoms with van der Waals surface area (Å²) in [5.41, 5.74) is 8.21. The lowest BCUT2D eigenvalue weighted by Gasteiger charge is -2.36. The minimum Gasteiger partial charge on any atom is -0.398 e. The lowest BCUT2D eigenvalue weighted by molar-refractivity contribution is -0.150. The van der Waals surface area contributed by atoms with Crippen LogP contribution in [-0.2, 0) is 14.4 Å². The van der Waals surface area contributed by atoms with Gasteiger partial charge in [0.05, 0.1) is 0 Å². The van der Waals surface area contributed by atoms with Gasteiger partial charge in [0.25, 0.3) is 0 Å². The molecule has 0 saturated carbocycles. The highest BCUT2D eigenvalue weighted by Crippen LogP contribution is 2.38. The maximum atomic E-state index is 12.7. The summed E-state index contributed by atoms with van der Waals surface area (Å²) in [4.78, 5) is 41.5. The average Bonchev–Trinajstić information content (AvgIpc) is 3.23. The van der Waals surface area contributed by atoms with E-state index in [0.717, 1.165) is 21.2 Å². The second kappa shape index (κ2) is 9.03. The minimum absolute atomic E-state index is 0.0465. The van der Waals surface area contributed by atoms with Gasteiger partial charge < -0.3 is 26.3 Å². The first kappa shape index (κ1) is 22.5. The van der Waals surface area contributed by atoms with Gasteiger partial charge in [-0.3, -0.25) is 14.4 Å². The second-order valence-electron chi connectivity index (χ2n) is 8.18. The van der Waals surface area contributed by atoms with Crippen LogP contribution in [0.1, 0.15) is 19.4 Å². The topological polar surface area (TPSA) is 120 Å². The summed E-state index contributed by atoms with van der Waals surface area (Å²) < 4.78 is 1.10. The fourth-order valence-corrected chi connectivity index (χ4v) is 5.01. The number of carbonyl (C=O) groups is 3. The Kier molecular flexibility index (Phi) is 6.15. The highest BCUT2D eigenvalue weighted by Gasteiger charge is 2.31. The first-order valence-corrected chi connectivity index (χ1v) is 11.4. The van der Waals surface area contributed by atoms with Crippen LogP contribution in [0.4, 0.5) is 11.4 Å². The Bertz CT molecular complexity index is 1230. The van der Waals surface area contributed by atoms with Crippen LogP contribution in [-0.4, -0.2) is 59.4 Å². The largest absolute Gasteiger partial charge is 0.398 e. The monoisotopic (exact) mass is 463 g/mol. The van der Waals surface area contributed by atoms with Crippen molar-refractivity contribution in [3.63, 3.8) is 0 Å². The average molecular weight is 464 g/mol. The number of carbonyl (C=O) groups excluding carboxylic acids is 3. The Hall–Kier alpha value is -3.72. The summed E-state index contributed by atoms with van der Waals surface area (Å²) in [5.74, 6) is -1.77. The maximum absolute atomic E-state index is 12.7. The molecule has 9 heteroatoms. The third-order valence-corrected chi connectivity index (χ3v) is 6.83. The van der Waals surface area contributed by atoms with Gasteiger partial charge in [-0.1, -0.05) is 18.2 Å². The smallest absolute Gasteiger partial charge is 0.313 e. The van der Waals surface area contributed by atoms with Gasteiger partial charge in [-0.05, 0) is 43.5 Å². The highest BCUT2D eigenvalue weighted by molar-refractivity contribution is 7.22. The zero-order chi connectivity index (χ0) is 23.7.